The Kier molecular flexibility index (Phi) is 7.66. The number of halogens is 1. The van der Waals surface area contributed by atoms with Gasteiger partial charge < -0.3 is 4.74 Å². The quantitative estimate of drug-likeness (QED) is 0.705. The van der Waals surface area contributed by atoms with Crippen molar-refractivity contribution in [3.8, 4) is 0 Å². The molecule has 1 rings (SSSR count). The first-order valence-corrected chi connectivity index (χ1v) is 9.59. The average Bonchev–Trinajstić information content (AvgIpc) is 2.49. The minimum absolute atomic E-state index is 0.0185. The molecule has 0 fully saturated rings. The van der Waals surface area contributed by atoms with Crippen LogP contribution in [-0.2, 0) is 14.8 Å². The highest BCUT2D eigenvalue weighted by Gasteiger charge is 2.20. The molecule has 24 heavy (non-hydrogen) atoms. The molecule has 0 bridgehead atoms. The number of nitrogens with zero attached hydrogens (tertiary/aromatic N) is 1. The maximum Gasteiger partial charge on any atom is 0.337 e. The van der Waals surface area contributed by atoms with Crippen molar-refractivity contribution in [2.24, 2.45) is 0 Å². The Labute approximate surface area is 149 Å². The molecular formula is C16H25ClN2O4S. The topological polar surface area (TPSA) is 75.7 Å². The summed E-state index contributed by atoms with van der Waals surface area (Å²) in [6.07, 6.45) is 0. The maximum absolute atomic E-state index is 12.4. The molecule has 0 saturated heterocycles. The van der Waals surface area contributed by atoms with Crippen LogP contribution in [0.25, 0.3) is 0 Å². The van der Waals surface area contributed by atoms with E-state index in [2.05, 4.69) is 42.1 Å². The van der Waals surface area contributed by atoms with Crippen LogP contribution in [-0.4, -0.2) is 51.6 Å². The van der Waals surface area contributed by atoms with Crippen molar-refractivity contribution < 1.29 is 17.9 Å². The lowest BCUT2D eigenvalue weighted by atomic mass is 10.2. The lowest BCUT2D eigenvalue weighted by Gasteiger charge is -2.30. The normalized spacial score (nSPS) is 12.2. The second-order valence-electron chi connectivity index (χ2n) is 5.96. The molecule has 6 nitrogen and oxygen atoms in total. The first-order valence-electron chi connectivity index (χ1n) is 7.73. The number of carbonyl (C=O) groups excluding carboxylic acids is 1. The van der Waals surface area contributed by atoms with Gasteiger partial charge in [-0.05, 0) is 45.9 Å². The zero-order valence-corrected chi connectivity index (χ0v) is 16.2. The van der Waals surface area contributed by atoms with Gasteiger partial charge in [-0.2, -0.15) is 0 Å². The number of hydrogen-bond donors (Lipinski definition) is 1. The zero-order chi connectivity index (χ0) is 18.5. The standard InChI is InChI=1S/C16H25ClN2O4S/c1-11(2)19(12(3)4)9-8-18-24(21,22)15-7-6-13(10-14(15)17)16(20)23-5/h6-7,10-12,18H,8-9H2,1-5H3. The Morgan fingerprint density at radius 3 is 2.29 bits per heavy atom. The highest BCUT2D eigenvalue weighted by molar-refractivity contribution is 7.89. The van der Waals surface area contributed by atoms with E-state index >= 15 is 0 Å². The van der Waals surface area contributed by atoms with E-state index in [1.165, 1.54) is 25.3 Å². The van der Waals surface area contributed by atoms with Crippen molar-refractivity contribution in [3.63, 3.8) is 0 Å². The summed E-state index contributed by atoms with van der Waals surface area (Å²) in [6, 6.07) is 4.60. The average molecular weight is 377 g/mol. The molecule has 0 saturated carbocycles. The molecule has 0 atom stereocenters. The number of sulfonamides is 1. The van der Waals surface area contributed by atoms with Crippen LogP contribution in [0.4, 0.5) is 0 Å². The van der Waals surface area contributed by atoms with Gasteiger partial charge in [0, 0.05) is 25.2 Å². The predicted octanol–water partition coefficient (Wildman–Crippen LogP) is 2.52. The Balaban J connectivity index is 2.84. The third-order valence-corrected chi connectivity index (χ3v) is 5.58. The highest BCUT2D eigenvalue weighted by atomic mass is 35.5. The lowest BCUT2D eigenvalue weighted by molar-refractivity contribution is 0.0600. The third-order valence-electron chi connectivity index (χ3n) is 3.63. The van der Waals surface area contributed by atoms with Crippen molar-refractivity contribution in [2.45, 2.75) is 44.7 Å². The minimum atomic E-state index is -3.75. The molecule has 0 aliphatic heterocycles. The van der Waals surface area contributed by atoms with Gasteiger partial charge in [-0.15, -0.1) is 0 Å². The highest BCUT2D eigenvalue weighted by Crippen LogP contribution is 2.23. The lowest BCUT2D eigenvalue weighted by Crippen LogP contribution is -2.42. The van der Waals surface area contributed by atoms with Gasteiger partial charge in [-0.3, -0.25) is 4.90 Å². The van der Waals surface area contributed by atoms with Crippen LogP contribution < -0.4 is 4.72 Å². The van der Waals surface area contributed by atoms with Crippen LogP contribution in [0.1, 0.15) is 38.1 Å². The van der Waals surface area contributed by atoms with E-state index in [1.807, 2.05) is 0 Å². The summed E-state index contributed by atoms with van der Waals surface area (Å²) in [5.41, 5.74) is 0.201. The molecular weight excluding hydrogens is 352 g/mol. The van der Waals surface area contributed by atoms with Crippen molar-refractivity contribution in [1.82, 2.24) is 9.62 Å². The summed E-state index contributed by atoms with van der Waals surface area (Å²) in [6.45, 7) is 9.13. The number of methoxy groups -OCH3 is 1. The molecule has 136 valence electrons. The molecule has 0 spiro atoms. The summed E-state index contributed by atoms with van der Waals surface area (Å²) < 4.78 is 31.9. The summed E-state index contributed by atoms with van der Waals surface area (Å²) in [7, 11) is -2.50. The van der Waals surface area contributed by atoms with Crippen LogP contribution in [0.3, 0.4) is 0 Å². The Morgan fingerprint density at radius 1 is 1.25 bits per heavy atom. The van der Waals surface area contributed by atoms with Gasteiger partial charge in [0.2, 0.25) is 10.0 Å². The van der Waals surface area contributed by atoms with Crippen molar-refractivity contribution in [2.75, 3.05) is 20.2 Å². The van der Waals surface area contributed by atoms with Crippen molar-refractivity contribution in [3.05, 3.63) is 28.8 Å². The fraction of sp³-hybridized carbons (Fsp3) is 0.562. The van der Waals surface area contributed by atoms with Gasteiger partial charge in [-0.1, -0.05) is 11.6 Å². The predicted molar refractivity (Wildman–Crippen MR) is 95.0 cm³/mol. The van der Waals surface area contributed by atoms with Gasteiger partial charge in [0.05, 0.1) is 17.7 Å². The van der Waals surface area contributed by atoms with Gasteiger partial charge in [-0.25, -0.2) is 17.9 Å². The van der Waals surface area contributed by atoms with Crippen LogP contribution in [0.2, 0.25) is 5.02 Å². The van der Waals surface area contributed by atoms with Gasteiger partial charge in [0.1, 0.15) is 4.90 Å². The van der Waals surface area contributed by atoms with Gasteiger partial charge in [0.25, 0.3) is 0 Å². The van der Waals surface area contributed by atoms with Crippen LogP contribution >= 0.6 is 11.6 Å². The van der Waals surface area contributed by atoms with Crippen LogP contribution in [0, 0.1) is 0 Å². The summed E-state index contributed by atoms with van der Waals surface area (Å²) in [5.74, 6) is -0.571. The number of ether oxygens (including phenoxy) is 1. The third kappa shape index (κ3) is 5.44. The number of rotatable bonds is 8. The van der Waals surface area contributed by atoms with E-state index in [0.29, 0.717) is 18.6 Å². The Morgan fingerprint density at radius 2 is 1.83 bits per heavy atom. The van der Waals surface area contributed by atoms with E-state index in [1.54, 1.807) is 0 Å². The first kappa shape index (κ1) is 20.9. The fourth-order valence-corrected chi connectivity index (χ4v) is 4.03. The van der Waals surface area contributed by atoms with E-state index < -0.39 is 16.0 Å². The number of benzene rings is 1. The first-order chi connectivity index (χ1) is 11.1. The number of nitrogens with one attached hydrogen (secondary N) is 1. The second kappa shape index (κ2) is 8.80. The zero-order valence-electron chi connectivity index (χ0n) is 14.7. The van der Waals surface area contributed by atoms with E-state index in [9.17, 15) is 13.2 Å². The number of carbonyl (C=O) groups is 1. The molecule has 0 unspecified atom stereocenters. The number of esters is 1. The molecule has 0 heterocycles. The molecule has 1 aromatic carbocycles. The van der Waals surface area contributed by atoms with Crippen molar-refractivity contribution in [1.29, 1.82) is 0 Å². The minimum Gasteiger partial charge on any atom is -0.465 e. The van der Waals surface area contributed by atoms with Crippen molar-refractivity contribution >= 4 is 27.6 Å². The molecule has 8 heteroatoms. The van der Waals surface area contributed by atoms with Crippen LogP contribution in [0.15, 0.2) is 23.1 Å². The molecule has 0 amide bonds. The molecule has 0 aliphatic carbocycles. The largest absolute Gasteiger partial charge is 0.465 e. The Hall–Kier alpha value is -1.15. The smallest absolute Gasteiger partial charge is 0.337 e. The van der Waals surface area contributed by atoms with Gasteiger partial charge >= 0.3 is 5.97 Å². The van der Waals surface area contributed by atoms with E-state index in [0.717, 1.165) is 0 Å². The van der Waals surface area contributed by atoms with E-state index in [-0.39, 0.29) is 22.0 Å². The fourth-order valence-electron chi connectivity index (χ4n) is 2.46. The molecule has 1 aromatic rings. The Bertz CT molecular complexity index is 667. The summed E-state index contributed by atoms with van der Waals surface area (Å²) in [4.78, 5) is 13.6. The number of hydrogen-bond acceptors (Lipinski definition) is 5. The second-order valence-corrected chi connectivity index (χ2v) is 8.10. The molecule has 0 aromatic heterocycles. The summed E-state index contributed by atoms with van der Waals surface area (Å²) >= 11 is 6.02. The van der Waals surface area contributed by atoms with Crippen LogP contribution in [0.5, 0.6) is 0 Å². The summed E-state index contributed by atoms with van der Waals surface area (Å²) in [5, 5.41) is -0.0185. The van der Waals surface area contributed by atoms with E-state index in [4.69, 9.17) is 11.6 Å². The molecule has 0 radical (unpaired) electrons. The van der Waals surface area contributed by atoms with Gasteiger partial charge in [0.15, 0.2) is 0 Å². The maximum atomic E-state index is 12.4. The SMILES string of the molecule is COC(=O)c1ccc(S(=O)(=O)NCCN(C(C)C)C(C)C)c(Cl)c1. The molecule has 0 aliphatic rings. The monoisotopic (exact) mass is 376 g/mol. The molecule has 1 N–H and O–H groups in total.